The molecule has 0 saturated carbocycles. The lowest BCUT2D eigenvalue weighted by molar-refractivity contribution is -0.166. The summed E-state index contributed by atoms with van der Waals surface area (Å²) in [7, 11) is 0. The van der Waals surface area contributed by atoms with Crippen LogP contribution in [0.4, 0.5) is 0 Å². The first-order chi connectivity index (χ1) is 34.0. The second kappa shape index (κ2) is 57.2. The van der Waals surface area contributed by atoms with Crippen LogP contribution in [-0.2, 0) is 28.6 Å². The minimum atomic E-state index is -0.808. The molecule has 0 saturated heterocycles. The molecule has 0 aliphatic carbocycles. The predicted octanol–water partition coefficient (Wildman–Crippen LogP) is 19.5. The van der Waals surface area contributed by atoms with Gasteiger partial charge in [0.15, 0.2) is 6.10 Å². The number of hydrogen-bond acceptors (Lipinski definition) is 6. The first-order valence-corrected chi connectivity index (χ1v) is 29.1. The van der Waals surface area contributed by atoms with Gasteiger partial charge in [-0.25, -0.2) is 0 Å². The molecule has 6 heteroatoms. The molecular formula is C63H108O6. The van der Waals surface area contributed by atoms with E-state index in [-0.39, 0.29) is 37.5 Å². The summed E-state index contributed by atoms with van der Waals surface area (Å²) >= 11 is 0. The van der Waals surface area contributed by atoms with Crippen molar-refractivity contribution in [2.45, 2.75) is 284 Å². The molecular weight excluding hydrogens is 853 g/mol. The van der Waals surface area contributed by atoms with Gasteiger partial charge in [0.2, 0.25) is 0 Å². The molecule has 1 atom stereocenters. The van der Waals surface area contributed by atoms with Crippen molar-refractivity contribution in [2.75, 3.05) is 13.2 Å². The fourth-order valence-corrected chi connectivity index (χ4v) is 8.01. The fourth-order valence-electron chi connectivity index (χ4n) is 8.01. The number of allylic oxidation sites excluding steroid dienone is 14. The van der Waals surface area contributed by atoms with Crippen LogP contribution in [0.2, 0.25) is 0 Å². The molecule has 0 aromatic carbocycles. The third-order valence-electron chi connectivity index (χ3n) is 12.4. The molecule has 1 unspecified atom stereocenters. The summed E-state index contributed by atoms with van der Waals surface area (Å²) in [6.07, 6.45) is 74.5. The van der Waals surface area contributed by atoms with Crippen LogP contribution in [0, 0.1) is 0 Å². The second-order valence-electron chi connectivity index (χ2n) is 19.2. The molecule has 0 rings (SSSR count). The summed E-state index contributed by atoms with van der Waals surface area (Å²) in [5.74, 6) is -0.986. The van der Waals surface area contributed by atoms with Gasteiger partial charge in [-0.3, -0.25) is 14.4 Å². The Morgan fingerprint density at radius 2 is 0.594 bits per heavy atom. The maximum Gasteiger partial charge on any atom is 0.306 e. The number of carbonyl (C=O) groups excluding carboxylic acids is 3. The van der Waals surface area contributed by atoms with Crippen molar-refractivity contribution in [2.24, 2.45) is 0 Å². The molecule has 69 heavy (non-hydrogen) atoms. The average molecular weight is 962 g/mol. The largest absolute Gasteiger partial charge is 0.462 e. The standard InChI is InChI=1S/C63H108O6/c1-4-7-10-13-16-19-22-25-27-29-31-33-35-38-41-44-47-50-53-56-62(65)68-59-60(58-67-61(64)55-52-49-46-43-40-37-24-21-18-15-12-9-6-3)69-63(66)57-54-51-48-45-42-39-36-34-32-30-28-26-23-20-17-14-11-8-5-2/h9,12,16,18-19,21,25-28,37,40,46,49,60H,4-8,10-11,13-15,17,20,22-24,29-36,38-39,41-45,47-48,50-59H2,1-3H3/b12-9-,19-16-,21-18-,27-25-,28-26-,40-37-,49-46-. The number of esters is 3. The lowest BCUT2D eigenvalue weighted by Gasteiger charge is -2.18. The Morgan fingerprint density at radius 1 is 0.304 bits per heavy atom. The number of ether oxygens (including phenoxy) is 3. The van der Waals surface area contributed by atoms with Crippen LogP contribution in [-0.4, -0.2) is 37.2 Å². The normalized spacial score (nSPS) is 12.7. The van der Waals surface area contributed by atoms with E-state index in [0.29, 0.717) is 19.3 Å². The Kier molecular flexibility index (Phi) is 54.3. The zero-order valence-electron chi connectivity index (χ0n) is 45.3. The van der Waals surface area contributed by atoms with Crippen LogP contribution in [0.5, 0.6) is 0 Å². The van der Waals surface area contributed by atoms with Gasteiger partial charge in [0.05, 0.1) is 0 Å². The van der Waals surface area contributed by atoms with E-state index in [9.17, 15) is 14.4 Å². The SMILES string of the molecule is CC/C=C\C/C=C\C/C=C\C/C=C\CCC(=O)OCC(COC(=O)CCCCCCCCCCC/C=C\C/C=C\CCCCC)OC(=O)CCCCCCCCCCC/C=C\CCCCCCCC. The Hall–Kier alpha value is -3.41. The number of unbranched alkanes of at least 4 members (excludes halogenated alkanes) is 27. The maximum absolute atomic E-state index is 12.9. The van der Waals surface area contributed by atoms with E-state index in [0.717, 1.165) is 70.6 Å². The van der Waals surface area contributed by atoms with Crippen LogP contribution in [0.15, 0.2) is 85.1 Å². The van der Waals surface area contributed by atoms with Gasteiger partial charge in [0, 0.05) is 19.3 Å². The predicted molar refractivity (Wildman–Crippen MR) is 297 cm³/mol. The minimum absolute atomic E-state index is 0.101. The van der Waals surface area contributed by atoms with E-state index in [1.54, 1.807) is 0 Å². The summed E-state index contributed by atoms with van der Waals surface area (Å²) in [5.41, 5.74) is 0. The topological polar surface area (TPSA) is 78.9 Å². The number of hydrogen-bond donors (Lipinski definition) is 0. The lowest BCUT2D eigenvalue weighted by atomic mass is 10.1. The molecule has 396 valence electrons. The van der Waals surface area contributed by atoms with E-state index in [4.69, 9.17) is 14.2 Å². The molecule has 0 spiro atoms. The highest BCUT2D eigenvalue weighted by molar-refractivity contribution is 5.71. The lowest BCUT2D eigenvalue weighted by Crippen LogP contribution is -2.30. The molecule has 0 aliphatic heterocycles. The van der Waals surface area contributed by atoms with E-state index in [1.807, 2.05) is 6.08 Å². The van der Waals surface area contributed by atoms with E-state index in [1.165, 1.54) is 161 Å². The van der Waals surface area contributed by atoms with Gasteiger partial charge in [-0.15, -0.1) is 0 Å². The summed E-state index contributed by atoms with van der Waals surface area (Å²) in [6.45, 7) is 6.44. The van der Waals surface area contributed by atoms with Crippen molar-refractivity contribution in [3.8, 4) is 0 Å². The Bertz CT molecular complexity index is 1330. The van der Waals surface area contributed by atoms with Crippen molar-refractivity contribution in [3.05, 3.63) is 85.1 Å². The number of carbonyl (C=O) groups is 3. The molecule has 6 nitrogen and oxygen atoms in total. The highest BCUT2D eigenvalue weighted by Crippen LogP contribution is 2.15. The van der Waals surface area contributed by atoms with Crippen molar-refractivity contribution in [1.82, 2.24) is 0 Å². The van der Waals surface area contributed by atoms with Crippen molar-refractivity contribution in [3.63, 3.8) is 0 Å². The van der Waals surface area contributed by atoms with Crippen LogP contribution in [0.1, 0.15) is 278 Å². The molecule has 0 aliphatic rings. The average Bonchev–Trinajstić information content (AvgIpc) is 3.35. The summed E-state index contributed by atoms with van der Waals surface area (Å²) in [6, 6.07) is 0. The van der Waals surface area contributed by atoms with Gasteiger partial charge in [-0.2, -0.15) is 0 Å². The van der Waals surface area contributed by atoms with Crippen molar-refractivity contribution < 1.29 is 28.6 Å². The third-order valence-corrected chi connectivity index (χ3v) is 12.4. The molecule has 0 aromatic rings. The third kappa shape index (κ3) is 55.4. The van der Waals surface area contributed by atoms with Crippen LogP contribution >= 0.6 is 0 Å². The zero-order valence-corrected chi connectivity index (χ0v) is 45.3. The van der Waals surface area contributed by atoms with E-state index in [2.05, 4.69) is 99.8 Å². The molecule has 0 amide bonds. The van der Waals surface area contributed by atoms with Gasteiger partial charge < -0.3 is 14.2 Å². The van der Waals surface area contributed by atoms with Gasteiger partial charge in [0.1, 0.15) is 13.2 Å². The number of rotatable bonds is 52. The molecule has 0 fully saturated rings. The molecule has 0 bridgehead atoms. The first kappa shape index (κ1) is 65.6. The summed E-state index contributed by atoms with van der Waals surface area (Å²) in [4.78, 5) is 38.1. The smallest absolute Gasteiger partial charge is 0.306 e. The van der Waals surface area contributed by atoms with Crippen LogP contribution in [0.3, 0.4) is 0 Å². The Morgan fingerprint density at radius 3 is 1.01 bits per heavy atom. The maximum atomic E-state index is 12.9. The van der Waals surface area contributed by atoms with Crippen molar-refractivity contribution >= 4 is 17.9 Å². The van der Waals surface area contributed by atoms with Crippen molar-refractivity contribution in [1.29, 1.82) is 0 Å². The molecule has 0 aromatic heterocycles. The van der Waals surface area contributed by atoms with Gasteiger partial charge in [-0.1, -0.05) is 241 Å². The molecule has 0 heterocycles. The zero-order chi connectivity index (χ0) is 50.0. The quantitative estimate of drug-likeness (QED) is 0.0262. The fraction of sp³-hybridized carbons (Fsp3) is 0.730. The molecule has 0 radical (unpaired) electrons. The van der Waals surface area contributed by atoms with Crippen LogP contribution < -0.4 is 0 Å². The monoisotopic (exact) mass is 961 g/mol. The van der Waals surface area contributed by atoms with Gasteiger partial charge in [-0.05, 0) is 103 Å². The highest BCUT2D eigenvalue weighted by Gasteiger charge is 2.19. The van der Waals surface area contributed by atoms with Crippen LogP contribution in [0.25, 0.3) is 0 Å². The van der Waals surface area contributed by atoms with E-state index < -0.39 is 6.10 Å². The van der Waals surface area contributed by atoms with E-state index >= 15 is 0 Å². The minimum Gasteiger partial charge on any atom is -0.462 e. The summed E-state index contributed by atoms with van der Waals surface area (Å²) in [5, 5.41) is 0. The molecule has 0 N–H and O–H groups in total. The van der Waals surface area contributed by atoms with Gasteiger partial charge in [0.25, 0.3) is 0 Å². The second-order valence-corrected chi connectivity index (χ2v) is 19.2. The van der Waals surface area contributed by atoms with Gasteiger partial charge >= 0.3 is 17.9 Å². The Balaban J connectivity index is 4.41. The Labute approximate surface area is 426 Å². The highest BCUT2D eigenvalue weighted by atomic mass is 16.6. The summed E-state index contributed by atoms with van der Waals surface area (Å²) < 4.78 is 16.8. The first-order valence-electron chi connectivity index (χ1n) is 29.1.